The molecule has 1 aliphatic rings. The Morgan fingerprint density at radius 3 is 2.76 bits per heavy atom. The van der Waals surface area contributed by atoms with E-state index in [0.717, 1.165) is 18.8 Å². The minimum absolute atomic E-state index is 0.00241. The predicted octanol–water partition coefficient (Wildman–Crippen LogP) is 1.72. The molecule has 0 unspecified atom stereocenters. The Kier molecular flexibility index (Phi) is 3.97. The van der Waals surface area contributed by atoms with Crippen LogP contribution in [0.2, 0.25) is 0 Å². The van der Waals surface area contributed by atoms with Crippen molar-refractivity contribution in [1.29, 1.82) is 0 Å². The Morgan fingerprint density at radius 2 is 2.29 bits per heavy atom. The Bertz CT molecular complexity index is 346. The highest BCUT2D eigenvalue weighted by Gasteiger charge is 2.29. The second-order valence-electron chi connectivity index (χ2n) is 4.65. The van der Waals surface area contributed by atoms with Crippen LogP contribution in [0.3, 0.4) is 0 Å². The third kappa shape index (κ3) is 3.17. The Morgan fingerprint density at radius 1 is 1.53 bits per heavy atom. The van der Waals surface area contributed by atoms with Gasteiger partial charge in [0.2, 0.25) is 0 Å². The Balaban J connectivity index is 2.07. The lowest BCUT2D eigenvalue weighted by molar-refractivity contribution is 0.205. The van der Waals surface area contributed by atoms with Gasteiger partial charge < -0.3 is 15.4 Å². The summed E-state index contributed by atoms with van der Waals surface area (Å²) >= 11 is 0. The van der Waals surface area contributed by atoms with Gasteiger partial charge in [0.15, 0.2) is 0 Å². The van der Waals surface area contributed by atoms with Crippen LogP contribution < -0.4 is 10.6 Å². The molecule has 4 heteroatoms. The van der Waals surface area contributed by atoms with E-state index >= 15 is 0 Å². The van der Waals surface area contributed by atoms with Crippen LogP contribution in [0.1, 0.15) is 31.5 Å². The zero-order valence-corrected chi connectivity index (χ0v) is 10.6. The fourth-order valence-electron chi connectivity index (χ4n) is 1.94. The monoisotopic (exact) mass is 235 g/mol. The molecule has 0 bridgehead atoms. The number of nitrogens with two attached hydrogens (primary N) is 1. The maximum atomic E-state index is 5.80. The molecule has 1 fully saturated rings. The van der Waals surface area contributed by atoms with Crippen molar-refractivity contribution in [2.45, 2.75) is 31.8 Å². The molecule has 1 aromatic heterocycles. The number of hydrogen-bond donors (Lipinski definition) is 1. The molecule has 0 aliphatic heterocycles. The smallest absolute Gasteiger partial charge is 0.0637 e. The molecule has 1 atom stereocenters. The van der Waals surface area contributed by atoms with Crippen molar-refractivity contribution in [2.75, 3.05) is 25.2 Å². The first-order valence-corrected chi connectivity index (χ1v) is 6.19. The summed E-state index contributed by atoms with van der Waals surface area (Å²) in [6.07, 6.45) is 4.48. The predicted molar refractivity (Wildman–Crippen MR) is 69.1 cm³/mol. The molecule has 2 N–H and O–H groups in total. The molecule has 0 radical (unpaired) electrons. The zero-order valence-electron chi connectivity index (χ0n) is 10.6. The maximum absolute atomic E-state index is 5.80. The highest BCUT2D eigenvalue weighted by atomic mass is 16.5. The molecular formula is C13H21N3O. The van der Waals surface area contributed by atoms with Gasteiger partial charge in [-0.2, -0.15) is 0 Å². The number of hydrogen-bond acceptors (Lipinski definition) is 4. The molecule has 94 valence electrons. The third-order valence-corrected chi connectivity index (χ3v) is 3.09. The largest absolute Gasteiger partial charge is 0.383 e. The van der Waals surface area contributed by atoms with E-state index in [1.54, 1.807) is 7.11 Å². The minimum atomic E-state index is -0.00241. The summed E-state index contributed by atoms with van der Waals surface area (Å²) in [5.41, 5.74) is 7.91. The fraction of sp³-hybridized carbons (Fsp3) is 0.615. The summed E-state index contributed by atoms with van der Waals surface area (Å²) in [6.45, 7) is 3.64. The number of pyridine rings is 1. The van der Waals surface area contributed by atoms with Crippen LogP contribution in [0.4, 0.5) is 5.69 Å². The first-order valence-electron chi connectivity index (χ1n) is 6.19. The van der Waals surface area contributed by atoms with Gasteiger partial charge in [0.25, 0.3) is 0 Å². The lowest BCUT2D eigenvalue weighted by Crippen LogP contribution is -2.29. The second-order valence-corrected chi connectivity index (χ2v) is 4.65. The summed E-state index contributed by atoms with van der Waals surface area (Å²) in [7, 11) is 1.74. The van der Waals surface area contributed by atoms with Crippen molar-refractivity contribution in [3.63, 3.8) is 0 Å². The molecule has 1 aliphatic carbocycles. The van der Waals surface area contributed by atoms with Crippen LogP contribution in [-0.2, 0) is 4.74 Å². The summed E-state index contributed by atoms with van der Waals surface area (Å²) in [5, 5.41) is 0. The molecule has 4 nitrogen and oxygen atoms in total. The van der Waals surface area contributed by atoms with Crippen molar-refractivity contribution in [3.05, 3.63) is 24.0 Å². The average molecular weight is 235 g/mol. The number of rotatable bonds is 6. The van der Waals surface area contributed by atoms with Crippen LogP contribution in [0.15, 0.2) is 18.3 Å². The molecule has 17 heavy (non-hydrogen) atoms. The number of ether oxygens (including phenoxy) is 1. The van der Waals surface area contributed by atoms with E-state index < -0.39 is 0 Å². The lowest BCUT2D eigenvalue weighted by atomic mass is 10.2. The van der Waals surface area contributed by atoms with Crippen molar-refractivity contribution >= 4 is 5.69 Å². The van der Waals surface area contributed by atoms with E-state index in [0.29, 0.717) is 6.04 Å². The van der Waals surface area contributed by atoms with E-state index in [2.05, 4.69) is 16.0 Å². The van der Waals surface area contributed by atoms with E-state index in [-0.39, 0.29) is 6.04 Å². The van der Waals surface area contributed by atoms with E-state index in [9.17, 15) is 0 Å². The first-order chi connectivity index (χ1) is 8.22. The summed E-state index contributed by atoms with van der Waals surface area (Å²) in [4.78, 5) is 6.79. The van der Waals surface area contributed by atoms with Gasteiger partial charge in [0, 0.05) is 25.7 Å². The number of anilines is 1. The van der Waals surface area contributed by atoms with Gasteiger partial charge in [-0.15, -0.1) is 0 Å². The van der Waals surface area contributed by atoms with Crippen LogP contribution in [0, 0.1) is 0 Å². The average Bonchev–Trinajstić information content (AvgIpc) is 3.14. The number of aromatic nitrogens is 1. The Hall–Kier alpha value is -1.13. The third-order valence-electron chi connectivity index (χ3n) is 3.09. The topological polar surface area (TPSA) is 51.4 Å². The summed E-state index contributed by atoms with van der Waals surface area (Å²) in [5.74, 6) is 0. The van der Waals surface area contributed by atoms with Crippen LogP contribution in [0.25, 0.3) is 0 Å². The van der Waals surface area contributed by atoms with Crippen LogP contribution >= 0.6 is 0 Å². The van der Waals surface area contributed by atoms with Gasteiger partial charge in [-0.25, -0.2) is 0 Å². The van der Waals surface area contributed by atoms with Crippen molar-refractivity contribution in [2.24, 2.45) is 5.73 Å². The molecule has 1 aromatic rings. The Labute approximate surface area is 103 Å². The van der Waals surface area contributed by atoms with Gasteiger partial charge >= 0.3 is 0 Å². The second kappa shape index (κ2) is 5.47. The van der Waals surface area contributed by atoms with Gasteiger partial charge in [0.05, 0.1) is 24.2 Å². The van der Waals surface area contributed by atoms with Gasteiger partial charge in [-0.3, -0.25) is 4.98 Å². The molecule has 2 rings (SSSR count). The van der Waals surface area contributed by atoms with Crippen molar-refractivity contribution in [3.8, 4) is 0 Å². The number of methoxy groups -OCH3 is 1. The fourth-order valence-corrected chi connectivity index (χ4v) is 1.94. The highest BCUT2D eigenvalue weighted by molar-refractivity contribution is 5.47. The van der Waals surface area contributed by atoms with Gasteiger partial charge in [-0.05, 0) is 31.9 Å². The molecule has 0 spiro atoms. The summed E-state index contributed by atoms with van der Waals surface area (Å²) < 4.78 is 5.15. The number of nitrogens with zero attached hydrogens (tertiary/aromatic N) is 2. The zero-order chi connectivity index (χ0) is 12.3. The van der Waals surface area contributed by atoms with Crippen LogP contribution in [0.5, 0.6) is 0 Å². The van der Waals surface area contributed by atoms with Crippen LogP contribution in [-0.4, -0.2) is 31.3 Å². The van der Waals surface area contributed by atoms with Gasteiger partial charge in [0.1, 0.15) is 0 Å². The molecule has 0 saturated heterocycles. The highest BCUT2D eigenvalue weighted by Crippen LogP contribution is 2.31. The molecule has 0 amide bonds. The molecular weight excluding hydrogens is 214 g/mol. The summed E-state index contributed by atoms with van der Waals surface area (Å²) in [6, 6.07) is 4.80. The lowest BCUT2D eigenvalue weighted by Gasteiger charge is -2.24. The molecule has 1 saturated carbocycles. The van der Waals surface area contributed by atoms with Gasteiger partial charge in [-0.1, -0.05) is 0 Å². The normalized spacial score (nSPS) is 16.9. The first kappa shape index (κ1) is 12.3. The SMILES string of the molecule is COCCN(c1ccc([C@H](C)N)nc1)C1CC1. The van der Waals surface area contributed by atoms with E-state index in [1.807, 2.05) is 19.2 Å². The van der Waals surface area contributed by atoms with Crippen molar-refractivity contribution < 1.29 is 4.74 Å². The molecule has 0 aromatic carbocycles. The standard InChI is InChI=1S/C13H21N3O/c1-10(14)13-6-5-12(9-15-13)16(7-8-17-2)11-3-4-11/h5-6,9-11H,3-4,7-8,14H2,1-2H3/t10-/m0/s1. The molecule has 1 heterocycles. The van der Waals surface area contributed by atoms with E-state index in [1.165, 1.54) is 18.5 Å². The minimum Gasteiger partial charge on any atom is -0.383 e. The maximum Gasteiger partial charge on any atom is 0.0637 e. The van der Waals surface area contributed by atoms with E-state index in [4.69, 9.17) is 10.5 Å². The quantitative estimate of drug-likeness (QED) is 0.815. The van der Waals surface area contributed by atoms with Crippen molar-refractivity contribution in [1.82, 2.24) is 4.98 Å².